The van der Waals surface area contributed by atoms with Crippen LogP contribution in [-0.2, 0) is 0 Å². The number of H-pyrrole nitrogens is 1. The summed E-state index contributed by atoms with van der Waals surface area (Å²) in [7, 11) is 1.59. The van der Waals surface area contributed by atoms with E-state index in [1.165, 1.54) is 0 Å². The molecule has 7 heteroatoms. The first-order valence-corrected chi connectivity index (χ1v) is 8.53. The smallest absolute Gasteiger partial charge is 0.256 e. The second-order valence-corrected chi connectivity index (χ2v) is 6.30. The lowest BCUT2D eigenvalue weighted by Gasteiger charge is -2.07. The molecule has 0 aliphatic carbocycles. The van der Waals surface area contributed by atoms with Crippen LogP contribution in [-0.4, -0.2) is 32.8 Å². The van der Waals surface area contributed by atoms with Crippen LogP contribution in [0.25, 0.3) is 17.0 Å². The van der Waals surface area contributed by atoms with Gasteiger partial charge in [-0.15, -0.1) is 0 Å². The monoisotopic (exact) mass is 361 g/mol. The number of ether oxygens (including phenoxy) is 1. The molecule has 0 fully saturated rings. The van der Waals surface area contributed by atoms with E-state index in [0.29, 0.717) is 23.1 Å². The van der Waals surface area contributed by atoms with Gasteiger partial charge in [-0.3, -0.25) is 4.79 Å². The molecule has 2 aromatic heterocycles. The molecule has 0 radical (unpaired) electrons. The normalized spacial score (nSPS) is 10.9. The van der Waals surface area contributed by atoms with E-state index in [9.17, 15) is 4.79 Å². The average molecular weight is 361 g/mol. The molecule has 0 aliphatic rings. The predicted octanol–water partition coefficient (Wildman–Crippen LogP) is 3.63. The summed E-state index contributed by atoms with van der Waals surface area (Å²) in [5.74, 6) is 1.57. The summed E-state index contributed by atoms with van der Waals surface area (Å²) in [6.45, 7) is 3.88. The number of hydrogen-bond donors (Lipinski definition) is 2. The number of rotatable bonds is 4. The molecule has 2 N–H and O–H groups in total. The number of benzene rings is 2. The second kappa shape index (κ2) is 6.60. The first kappa shape index (κ1) is 16.8. The minimum Gasteiger partial charge on any atom is -0.497 e. The van der Waals surface area contributed by atoms with Crippen molar-refractivity contribution in [3.63, 3.8) is 0 Å². The third kappa shape index (κ3) is 3.15. The molecule has 0 spiro atoms. The maximum absolute atomic E-state index is 12.6. The van der Waals surface area contributed by atoms with E-state index in [4.69, 9.17) is 4.74 Å². The number of aromatic amines is 1. The maximum atomic E-state index is 12.6. The zero-order chi connectivity index (χ0) is 19.0. The number of nitrogens with zero attached hydrogens (tertiary/aromatic N) is 3. The zero-order valence-electron chi connectivity index (χ0n) is 15.3. The van der Waals surface area contributed by atoms with E-state index in [-0.39, 0.29) is 5.91 Å². The Balaban J connectivity index is 1.67. The number of fused-ring (bicyclic) bond motifs is 1. The quantitative estimate of drug-likeness (QED) is 0.581. The van der Waals surface area contributed by atoms with Gasteiger partial charge < -0.3 is 15.0 Å². The number of hydrogen-bond acceptors (Lipinski definition) is 4. The van der Waals surface area contributed by atoms with Crippen molar-refractivity contribution < 1.29 is 9.53 Å². The Bertz CT molecular complexity index is 1130. The van der Waals surface area contributed by atoms with Crippen molar-refractivity contribution in [1.82, 2.24) is 19.7 Å². The Morgan fingerprint density at radius 3 is 2.63 bits per heavy atom. The van der Waals surface area contributed by atoms with Crippen LogP contribution in [0.5, 0.6) is 5.75 Å². The van der Waals surface area contributed by atoms with Crippen LogP contribution in [0, 0.1) is 13.8 Å². The molecule has 0 atom stereocenters. The van der Waals surface area contributed by atoms with Gasteiger partial charge in [-0.2, -0.15) is 9.78 Å². The fourth-order valence-corrected chi connectivity index (χ4v) is 2.94. The van der Waals surface area contributed by atoms with Crippen LogP contribution in [0.1, 0.15) is 21.6 Å². The Labute approximate surface area is 156 Å². The third-order valence-corrected chi connectivity index (χ3v) is 4.33. The number of para-hydroxylation sites is 1. The van der Waals surface area contributed by atoms with Crippen LogP contribution in [0.3, 0.4) is 0 Å². The lowest BCUT2D eigenvalue weighted by molar-refractivity contribution is 0.102. The van der Waals surface area contributed by atoms with Crippen LogP contribution in [0.4, 0.5) is 5.82 Å². The van der Waals surface area contributed by atoms with E-state index in [1.54, 1.807) is 36.1 Å². The van der Waals surface area contributed by atoms with Gasteiger partial charge in [0.05, 0.1) is 23.8 Å². The molecule has 2 aromatic carbocycles. The second-order valence-electron chi connectivity index (χ2n) is 6.30. The molecular formula is C20H19N5O2. The molecule has 0 saturated carbocycles. The van der Waals surface area contributed by atoms with Gasteiger partial charge >= 0.3 is 0 Å². The number of aryl methyl sites for hydroxylation is 2. The minimum absolute atomic E-state index is 0.230. The Morgan fingerprint density at radius 1 is 1.15 bits per heavy atom. The molecular weight excluding hydrogens is 342 g/mol. The fraction of sp³-hybridized carbons (Fsp3) is 0.150. The van der Waals surface area contributed by atoms with Crippen LogP contribution >= 0.6 is 0 Å². The van der Waals surface area contributed by atoms with Crippen LogP contribution in [0.15, 0.2) is 48.5 Å². The zero-order valence-corrected chi connectivity index (χ0v) is 15.3. The van der Waals surface area contributed by atoms with E-state index in [0.717, 1.165) is 22.3 Å². The first-order valence-electron chi connectivity index (χ1n) is 8.53. The van der Waals surface area contributed by atoms with E-state index in [2.05, 4.69) is 20.4 Å². The van der Waals surface area contributed by atoms with Gasteiger partial charge in [0.15, 0.2) is 0 Å². The number of anilines is 1. The molecule has 136 valence electrons. The van der Waals surface area contributed by atoms with Crippen molar-refractivity contribution >= 4 is 22.8 Å². The Hall–Kier alpha value is -3.61. The van der Waals surface area contributed by atoms with Crippen molar-refractivity contribution in [2.24, 2.45) is 0 Å². The highest BCUT2D eigenvalue weighted by Crippen LogP contribution is 2.21. The van der Waals surface area contributed by atoms with E-state index < -0.39 is 0 Å². The topological polar surface area (TPSA) is 84.8 Å². The summed E-state index contributed by atoms with van der Waals surface area (Å²) >= 11 is 0. The molecule has 2 heterocycles. The molecule has 7 nitrogen and oxygen atoms in total. The molecule has 0 unspecified atom stereocenters. The van der Waals surface area contributed by atoms with Gasteiger partial charge in [-0.05, 0) is 49.7 Å². The van der Waals surface area contributed by atoms with Gasteiger partial charge in [0.25, 0.3) is 5.91 Å². The minimum atomic E-state index is -0.230. The van der Waals surface area contributed by atoms with Gasteiger partial charge in [0.2, 0.25) is 5.95 Å². The largest absolute Gasteiger partial charge is 0.497 e. The SMILES string of the molecule is COc1ccc(C(=O)Nc2cc(C)nn2-c2nc3c(C)cccc3[nH]2)cc1. The summed E-state index contributed by atoms with van der Waals surface area (Å²) < 4.78 is 6.74. The van der Waals surface area contributed by atoms with E-state index in [1.807, 2.05) is 38.1 Å². The number of carbonyl (C=O) groups is 1. The molecule has 0 aliphatic heterocycles. The van der Waals surface area contributed by atoms with Crippen molar-refractivity contribution in [3.8, 4) is 11.7 Å². The average Bonchev–Trinajstić information content (AvgIpc) is 3.26. The number of methoxy groups -OCH3 is 1. The molecule has 4 aromatic rings. The number of carbonyl (C=O) groups excluding carboxylic acids is 1. The summed E-state index contributed by atoms with van der Waals surface area (Å²) in [5, 5.41) is 7.37. The highest BCUT2D eigenvalue weighted by Gasteiger charge is 2.15. The maximum Gasteiger partial charge on any atom is 0.256 e. The van der Waals surface area contributed by atoms with Gasteiger partial charge in [0, 0.05) is 11.6 Å². The number of amides is 1. The Kier molecular flexibility index (Phi) is 4.12. The standard InChI is InChI=1S/C20H19N5O2/c1-12-5-4-6-16-18(12)23-20(21-16)25-17(11-13(2)24-25)22-19(26)14-7-9-15(27-3)10-8-14/h4-11H,1-3H3,(H,21,23)(H,22,26). The van der Waals surface area contributed by atoms with E-state index >= 15 is 0 Å². The van der Waals surface area contributed by atoms with Gasteiger partial charge in [-0.25, -0.2) is 4.98 Å². The Morgan fingerprint density at radius 2 is 1.93 bits per heavy atom. The number of imidazole rings is 1. The molecule has 4 rings (SSSR count). The summed E-state index contributed by atoms with van der Waals surface area (Å²) in [4.78, 5) is 20.5. The molecule has 0 saturated heterocycles. The molecule has 27 heavy (non-hydrogen) atoms. The number of nitrogens with one attached hydrogen (secondary N) is 2. The molecule has 1 amide bonds. The highest BCUT2D eigenvalue weighted by molar-refractivity contribution is 6.04. The van der Waals surface area contributed by atoms with Crippen molar-refractivity contribution in [3.05, 3.63) is 65.4 Å². The lowest BCUT2D eigenvalue weighted by Crippen LogP contribution is -2.15. The van der Waals surface area contributed by atoms with Gasteiger partial charge in [0.1, 0.15) is 11.6 Å². The fourth-order valence-electron chi connectivity index (χ4n) is 2.94. The highest BCUT2D eigenvalue weighted by atomic mass is 16.5. The first-order chi connectivity index (χ1) is 13.0. The number of aromatic nitrogens is 4. The lowest BCUT2D eigenvalue weighted by atomic mass is 10.2. The molecule has 0 bridgehead atoms. The summed E-state index contributed by atoms with van der Waals surface area (Å²) in [6, 6.07) is 14.7. The van der Waals surface area contributed by atoms with Crippen molar-refractivity contribution in [1.29, 1.82) is 0 Å². The summed E-state index contributed by atoms with van der Waals surface area (Å²) in [6.07, 6.45) is 0. The van der Waals surface area contributed by atoms with Gasteiger partial charge in [-0.1, -0.05) is 12.1 Å². The predicted molar refractivity (Wildman–Crippen MR) is 104 cm³/mol. The van der Waals surface area contributed by atoms with Crippen molar-refractivity contribution in [2.45, 2.75) is 13.8 Å². The van der Waals surface area contributed by atoms with Crippen LogP contribution in [0.2, 0.25) is 0 Å². The third-order valence-electron chi connectivity index (χ3n) is 4.33. The van der Waals surface area contributed by atoms with Crippen LogP contribution < -0.4 is 10.1 Å². The van der Waals surface area contributed by atoms with Crippen molar-refractivity contribution in [2.75, 3.05) is 12.4 Å². The summed E-state index contributed by atoms with van der Waals surface area (Å²) in [5.41, 5.74) is 4.18.